The number of rotatable bonds is 2. The number of phenols is 1. The van der Waals surface area contributed by atoms with Crippen LogP contribution in [0.1, 0.15) is 24.0 Å². The molecular weight excluding hydrogens is 430 g/mol. The van der Waals surface area contributed by atoms with Crippen LogP contribution in [0.4, 0.5) is 0 Å². The number of phenolic OH excluding ortho intramolecular Hbond substituents is 1. The molecule has 2 aromatic rings. The van der Waals surface area contributed by atoms with E-state index in [0.717, 1.165) is 0 Å². The number of hydrogen-bond donors (Lipinski definition) is 5. The summed E-state index contributed by atoms with van der Waals surface area (Å²) in [5, 5.41) is 47.8. The van der Waals surface area contributed by atoms with Gasteiger partial charge in [-0.2, -0.15) is 5.10 Å². The number of ketones is 2. The second kappa shape index (κ2) is 6.79. The molecular formula is C23H21N3O7. The molecule has 0 spiro atoms. The number of carbonyl (C=O) groups excluding carboxylic acids is 3. The summed E-state index contributed by atoms with van der Waals surface area (Å²) in [7, 11) is 1.76. The molecule has 33 heavy (non-hydrogen) atoms. The number of fused-ring (bicyclic) bond motifs is 3. The summed E-state index contributed by atoms with van der Waals surface area (Å²) in [6.45, 7) is 0. The molecule has 5 rings (SSSR count). The number of aromatic hydroxyl groups is 1. The van der Waals surface area contributed by atoms with Gasteiger partial charge in [0, 0.05) is 36.7 Å². The monoisotopic (exact) mass is 451 g/mol. The molecule has 1 saturated carbocycles. The van der Waals surface area contributed by atoms with Crippen LogP contribution in [0.5, 0.6) is 5.75 Å². The van der Waals surface area contributed by atoms with E-state index >= 15 is 0 Å². The van der Waals surface area contributed by atoms with Gasteiger partial charge in [-0.25, -0.2) is 0 Å². The molecule has 0 aliphatic heterocycles. The van der Waals surface area contributed by atoms with E-state index in [0.29, 0.717) is 16.8 Å². The van der Waals surface area contributed by atoms with Crippen LogP contribution in [0.15, 0.2) is 41.3 Å². The number of nitrogens with zero attached hydrogens (tertiary/aromatic N) is 2. The SMILES string of the molecule is Cn1ccc(-c2ccc(O)c3c2CC2CC4CC(=O)C(C(N)=O)=C(O)C4(O)C(=O)C2=C3O)n1. The number of aryl methyl sites for hydroxylation is 1. The first-order valence-electron chi connectivity index (χ1n) is 10.4. The Labute approximate surface area is 187 Å². The lowest BCUT2D eigenvalue weighted by Gasteiger charge is -2.46. The van der Waals surface area contributed by atoms with E-state index in [2.05, 4.69) is 5.10 Å². The van der Waals surface area contributed by atoms with E-state index in [4.69, 9.17) is 5.73 Å². The Bertz CT molecular complexity index is 1340. The molecule has 1 amide bonds. The van der Waals surface area contributed by atoms with Gasteiger partial charge in [0.1, 0.15) is 22.8 Å². The Balaban J connectivity index is 1.71. The standard InChI is InChI=1S/C23H21N3O7/c1-26-5-4-13(25-26)11-2-3-14(27)17-12(11)7-9-6-10-8-15(28)18(22(24)32)21(31)23(10,33)20(30)16(9)19(17)29/h2-5,9-10,27,29,31,33H,6-8H2,1H3,(H2,24,32). The highest BCUT2D eigenvalue weighted by molar-refractivity contribution is 6.22. The average Bonchev–Trinajstić information content (AvgIpc) is 3.16. The Morgan fingerprint density at radius 3 is 2.55 bits per heavy atom. The van der Waals surface area contributed by atoms with Crippen LogP contribution in [0, 0.1) is 11.8 Å². The number of hydrogen-bond acceptors (Lipinski definition) is 8. The van der Waals surface area contributed by atoms with Crippen molar-refractivity contribution < 1.29 is 34.8 Å². The zero-order valence-electron chi connectivity index (χ0n) is 17.6. The maximum Gasteiger partial charge on any atom is 0.255 e. The summed E-state index contributed by atoms with van der Waals surface area (Å²) in [6, 6.07) is 4.84. The Kier molecular flexibility index (Phi) is 4.31. The van der Waals surface area contributed by atoms with Gasteiger partial charge in [0.25, 0.3) is 5.91 Å². The lowest BCUT2D eigenvalue weighted by molar-refractivity contribution is -0.147. The van der Waals surface area contributed by atoms with Gasteiger partial charge >= 0.3 is 0 Å². The third kappa shape index (κ3) is 2.70. The summed E-state index contributed by atoms with van der Waals surface area (Å²) in [5.41, 5.74) is 3.56. The second-order valence-corrected chi connectivity index (χ2v) is 8.77. The highest BCUT2D eigenvalue weighted by Gasteiger charge is 2.60. The lowest BCUT2D eigenvalue weighted by atomic mass is 9.59. The van der Waals surface area contributed by atoms with Crippen LogP contribution in [-0.4, -0.2) is 53.3 Å². The predicted molar refractivity (Wildman–Crippen MR) is 114 cm³/mol. The van der Waals surface area contributed by atoms with Crippen LogP contribution in [0.2, 0.25) is 0 Å². The molecule has 1 aromatic heterocycles. The van der Waals surface area contributed by atoms with Crippen LogP contribution in [0.3, 0.4) is 0 Å². The van der Waals surface area contributed by atoms with E-state index in [1.165, 1.54) is 6.07 Å². The maximum absolute atomic E-state index is 13.5. The summed E-state index contributed by atoms with van der Waals surface area (Å²) < 4.78 is 1.61. The molecule has 1 heterocycles. The maximum atomic E-state index is 13.5. The van der Waals surface area contributed by atoms with Gasteiger partial charge in [-0.1, -0.05) is 0 Å². The average molecular weight is 451 g/mol. The third-order valence-electron chi connectivity index (χ3n) is 6.94. The summed E-state index contributed by atoms with van der Waals surface area (Å²) in [4.78, 5) is 37.6. The molecule has 170 valence electrons. The van der Waals surface area contributed by atoms with Crippen molar-refractivity contribution in [3.8, 4) is 17.0 Å². The first-order valence-corrected chi connectivity index (χ1v) is 10.4. The number of primary amides is 1. The van der Waals surface area contributed by atoms with Crippen LogP contribution in [-0.2, 0) is 27.9 Å². The van der Waals surface area contributed by atoms with Crippen molar-refractivity contribution in [1.82, 2.24) is 9.78 Å². The zero-order chi connectivity index (χ0) is 23.8. The first-order chi connectivity index (χ1) is 15.6. The zero-order valence-corrected chi connectivity index (χ0v) is 17.6. The molecule has 6 N–H and O–H groups in total. The van der Waals surface area contributed by atoms with Crippen LogP contribution < -0.4 is 5.73 Å². The van der Waals surface area contributed by atoms with Gasteiger partial charge < -0.3 is 26.2 Å². The van der Waals surface area contributed by atoms with Crippen molar-refractivity contribution in [1.29, 1.82) is 0 Å². The van der Waals surface area contributed by atoms with Gasteiger partial charge in [0.05, 0.1) is 11.3 Å². The van der Waals surface area contributed by atoms with Crippen LogP contribution >= 0.6 is 0 Å². The quantitative estimate of drug-likeness (QED) is 0.417. The van der Waals surface area contributed by atoms with Gasteiger partial charge in [-0.05, 0) is 42.5 Å². The van der Waals surface area contributed by atoms with Crippen molar-refractivity contribution in [3.05, 3.63) is 52.4 Å². The molecule has 3 atom stereocenters. The molecule has 3 aliphatic carbocycles. The summed E-state index contributed by atoms with van der Waals surface area (Å²) in [5.74, 6) is -6.46. The number of aliphatic hydroxyl groups excluding tert-OH is 2. The van der Waals surface area contributed by atoms with Gasteiger partial charge in [-0.15, -0.1) is 0 Å². The topological polar surface area (TPSA) is 176 Å². The van der Waals surface area contributed by atoms with Gasteiger partial charge in [0.15, 0.2) is 11.4 Å². The second-order valence-electron chi connectivity index (χ2n) is 8.77. The minimum atomic E-state index is -2.57. The Morgan fingerprint density at radius 1 is 1.18 bits per heavy atom. The van der Waals surface area contributed by atoms with Gasteiger partial charge in [-0.3, -0.25) is 19.1 Å². The molecule has 0 saturated heterocycles. The normalized spacial score (nSPS) is 26.7. The summed E-state index contributed by atoms with van der Waals surface area (Å²) in [6.07, 6.45) is 1.71. The van der Waals surface area contributed by atoms with Crippen molar-refractivity contribution in [2.24, 2.45) is 24.6 Å². The fraction of sp³-hybridized carbons (Fsp3) is 0.304. The first kappa shape index (κ1) is 21.0. The molecule has 0 radical (unpaired) electrons. The van der Waals surface area contributed by atoms with Crippen molar-refractivity contribution in [3.63, 3.8) is 0 Å². The molecule has 3 aliphatic rings. The van der Waals surface area contributed by atoms with E-state index in [-0.39, 0.29) is 36.1 Å². The van der Waals surface area contributed by atoms with E-state index < -0.39 is 52.0 Å². The largest absolute Gasteiger partial charge is 0.508 e. The highest BCUT2D eigenvalue weighted by atomic mass is 16.3. The van der Waals surface area contributed by atoms with E-state index in [1.807, 2.05) is 0 Å². The van der Waals surface area contributed by atoms with Gasteiger partial charge in [0.2, 0.25) is 5.78 Å². The van der Waals surface area contributed by atoms with Crippen molar-refractivity contribution in [2.45, 2.75) is 24.9 Å². The van der Waals surface area contributed by atoms with E-state index in [1.54, 1.807) is 30.1 Å². The van der Waals surface area contributed by atoms with Crippen LogP contribution in [0.25, 0.3) is 17.0 Å². The van der Waals surface area contributed by atoms with E-state index in [9.17, 15) is 34.8 Å². The smallest absolute Gasteiger partial charge is 0.255 e. The molecule has 3 unspecified atom stereocenters. The molecule has 10 heteroatoms. The molecule has 10 nitrogen and oxygen atoms in total. The Hall–Kier alpha value is -3.92. The number of carbonyl (C=O) groups is 3. The van der Waals surface area contributed by atoms with Crippen molar-refractivity contribution in [2.75, 3.05) is 0 Å². The predicted octanol–water partition coefficient (Wildman–Crippen LogP) is 0.824. The minimum Gasteiger partial charge on any atom is -0.508 e. The lowest BCUT2D eigenvalue weighted by Crippen LogP contribution is -2.58. The number of amides is 1. The fourth-order valence-corrected chi connectivity index (χ4v) is 5.42. The number of aliphatic hydroxyl groups is 3. The number of benzene rings is 1. The minimum absolute atomic E-state index is 0.0466. The fourth-order valence-electron chi connectivity index (χ4n) is 5.42. The number of Topliss-reactive ketones (excluding diaryl/α,β-unsaturated/α-hetero) is 2. The molecule has 1 aromatic carbocycles. The number of aromatic nitrogens is 2. The third-order valence-corrected chi connectivity index (χ3v) is 6.94. The summed E-state index contributed by atoms with van der Waals surface area (Å²) >= 11 is 0. The Morgan fingerprint density at radius 2 is 1.91 bits per heavy atom. The van der Waals surface area contributed by atoms with Crippen molar-refractivity contribution >= 4 is 23.2 Å². The number of nitrogens with two attached hydrogens (primary N) is 1. The molecule has 1 fully saturated rings. The highest BCUT2D eigenvalue weighted by Crippen LogP contribution is 2.52. The molecule has 0 bridgehead atoms.